The van der Waals surface area contributed by atoms with Crippen LogP contribution in [0.4, 0.5) is 0 Å². The Balaban J connectivity index is 1.63. The van der Waals surface area contributed by atoms with Gasteiger partial charge in [-0.2, -0.15) is 5.10 Å². The summed E-state index contributed by atoms with van der Waals surface area (Å²) in [7, 11) is 0. The Labute approximate surface area is 117 Å². The molecule has 0 unspecified atom stereocenters. The molecule has 1 aromatic carbocycles. The molecule has 0 aliphatic carbocycles. The molecule has 0 radical (unpaired) electrons. The Bertz CT molecular complexity index is 554. The normalized spacial score (nSPS) is 19.0. The highest BCUT2D eigenvalue weighted by atomic mass is 16.5. The molecular weight excluding hydrogens is 254 g/mol. The summed E-state index contributed by atoms with van der Waals surface area (Å²) in [5.74, 6) is 0.0140. The summed E-state index contributed by atoms with van der Waals surface area (Å²) in [6, 6.07) is 10.2. The first-order valence-corrected chi connectivity index (χ1v) is 6.76. The van der Waals surface area contributed by atoms with E-state index in [1.807, 2.05) is 23.1 Å². The molecule has 1 aliphatic heterocycles. The predicted molar refractivity (Wildman–Crippen MR) is 74.4 cm³/mol. The second kappa shape index (κ2) is 5.88. The van der Waals surface area contributed by atoms with Gasteiger partial charge in [0.25, 0.3) is 5.91 Å². The van der Waals surface area contributed by atoms with E-state index in [-0.39, 0.29) is 12.0 Å². The zero-order valence-corrected chi connectivity index (χ0v) is 11.2. The van der Waals surface area contributed by atoms with E-state index in [9.17, 15) is 4.79 Å². The lowest BCUT2D eigenvalue weighted by atomic mass is 10.1. The number of morpholine rings is 1. The molecule has 0 spiro atoms. The summed E-state index contributed by atoms with van der Waals surface area (Å²) < 4.78 is 5.76. The van der Waals surface area contributed by atoms with Gasteiger partial charge in [0.15, 0.2) is 0 Å². The molecule has 20 heavy (non-hydrogen) atoms. The second-order valence-electron chi connectivity index (χ2n) is 4.92. The van der Waals surface area contributed by atoms with Gasteiger partial charge in [-0.05, 0) is 5.56 Å². The van der Waals surface area contributed by atoms with E-state index in [1.54, 1.807) is 12.4 Å². The lowest BCUT2D eigenvalue weighted by Gasteiger charge is -2.32. The standard InChI is InChI=1S/C15H17N3O2/c19-15(13-9-16-17-10-13)18-6-7-20-14(11-18)8-12-4-2-1-3-5-12/h1-5,9-10,14H,6-8,11H2,(H,16,17)/t14-/m0/s1. The zero-order chi connectivity index (χ0) is 13.8. The molecule has 1 N–H and O–H groups in total. The van der Waals surface area contributed by atoms with Crippen LogP contribution < -0.4 is 0 Å². The predicted octanol–water partition coefficient (Wildman–Crippen LogP) is 1.49. The quantitative estimate of drug-likeness (QED) is 0.920. The molecule has 2 heterocycles. The molecule has 1 aromatic heterocycles. The maximum atomic E-state index is 12.3. The molecule has 0 bridgehead atoms. The highest BCUT2D eigenvalue weighted by Crippen LogP contribution is 2.13. The topological polar surface area (TPSA) is 58.2 Å². The van der Waals surface area contributed by atoms with Crippen molar-refractivity contribution in [1.29, 1.82) is 0 Å². The van der Waals surface area contributed by atoms with Gasteiger partial charge in [-0.25, -0.2) is 0 Å². The van der Waals surface area contributed by atoms with Gasteiger partial charge < -0.3 is 9.64 Å². The number of aromatic amines is 1. The third-order valence-electron chi connectivity index (χ3n) is 3.48. The fourth-order valence-corrected chi connectivity index (χ4v) is 2.45. The molecule has 1 atom stereocenters. The summed E-state index contributed by atoms with van der Waals surface area (Å²) in [6.45, 7) is 1.84. The van der Waals surface area contributed by atoms with E-state index in [0.29, 0.717) is 25.3 Å². The number of hydrogen-bond donors (Lipinski definition) is 1. The average molecular weight is 271 g/mol. The van der Waals surface area contributed by atoms with Crippen LogP contribution in [0.5, 0.6) is 0 Å². The van der Waals surface area contributed by atoms with Crippen molar-refractivity contribution in [3.05, 3.63) is 53.9 Å². The fourth-order valence-electron chi connectivity index (χ4n) is 2.45. The highest BCUT2D eigenvalue weighted by Gasteiger charge is 2.25. The molecule has 1 aliphatic rings. The van der Waals surface area contributed by atoms with Crippen molar-refractivity contribution in [3.63, 3.8) is 0 Å². The first-order chi connectivity index (χ1) is 9.83. The first-order valence-electron chi connectivity index (χ1n) is 6.76. The maximum absolute atomic E-state index is 12.3. The van der Waals surface area contributed by atoms with Crippen LogP contribution >= 0.6 is 0 Å². The van der Waals surface area contributed by atoms with Gasteiger partial charge in [0.1, 0.15) is 0 Å². The SMILES string of the molecule is O=C(c1cn[nH]c1)N1CCO[C@@H](Cc2ccccc2)C1. The molecule has 104 valence electrons. The monoisotopic (exact) mass is 271 g/mol. The van der Waals surface area contributed by atoms with Crippen molar-refractivity contribution in [2.75, 3.05) is 19.7 Å². The number of H-pyrrole nitrogens is 1. The van der Waals surface area contributed by atoms with Crippen LogP contribution in [-0.4, -0.2) is 46.8 Å². The number of ether oxygens (including phenoxy) is 1. The number of hydrogen-bond acceptors (Lipinski definition) is 3. The van der Waals surface area contributed by atoms with Crippen molar-refractivity contribution < 1.29 is 9.53 Å². The third kappa shape index (κ3) is 2.88. The van der Waals surface area contributed by atoms with Crippen LogP contribution in [0.1, 0.15) is 15.9 Å². The lowest BCUT2D eigenvalue weighted by Crippen LogP contribution is -2.46. The third-order valence-corrected chi connectivity index (χ3v) is 3.48. The first kappa shape index (κ1) is 12.9. The van der Waals surface area contributed by atoms with Gasteiger partial charge >= 0.3 is 0 Å². The minimum atomic E-state index is 0.0140. The van der Waals surface area contributed by atoms with Gasteiger partial charge in [0.05, 0.1) is 24.5 Å². The van der Waals surface area contributed by atoms with Crippen LogP contribution in [-0.2, 0) is 11.2 Å². The minimum Gasteiger partial charge on any atom is -0.374 e. The van der Waals surface area contributed by atoms with Crippen LogP contribution in [0.25, 0.3) is 0 Å². The number of rotatable bonds is 3. The number of nitrogens with zero attached hydrogens (tertiary/aromatic N) is 2. The van der Waals surface area contributed by atoms with Gasteiger partial charge in [0.2, 0.25) is 0 Å². The van der Waals surface area contributed by atoms with Crippen molar-refractivity contribution >= 4 is 5.91 Å². The minimum absolute atomic E-state index is 0.0140. The molecule has 5 heteroatoms. The van der Waals surface area contributed by atoms with E-state index in [1.165, 1.54) is 5.56 Å². The summed E-state index contributed by atoms with van der Waals surface area (Å²) >= 11 is 0. The molecule has 1 amide bonds. The maximum Gasteiger partial charge on any atom is 0.257 e. The number of carbonyl (C=O) groups excluding carboxylic acids is 1. The van der Waals surface area contributed by atoms with Crippen molar-refractivity contribution in [3.8, 4) is 0 Å². The summed E-state index contributed by atoms with van der Waals surface area (Å²) in [4.78, 5) is 14.1. The zero-order valence-electron chi connectivity index (χ0n) is 11.2. The van der Waals surface area contributed by atoms with Crippen molar-refractivity contribution in [2.24, 2.45) is 0 Å². The van der Waals surface area contributed by atoms with Crippen LogP contribution in [0.15, 0.2) is 42.7 Å². The van der Waals surface area contributed by atoms with Crippen LogP contribution in [0.3, 0.4) is 0 Å². The van der Waals surface area contributed by atoms with Crippen molar-refractivity contribution in [1.82, 2.24) is 15.1 Å². The number of carbonyl (C=O) groups is 1. The number of amides is 1. The summed E-state index contributed by atoms with van der Waals surface area (Å²) in [6.07, 6.45) is 4.08. The van der Waals surface area contributed by atoms with E-state index in [4.69, 9.17) is 4.74 Å². The Morgan fingerprint density at radius 2 is 2.25 bits per heavy atom. The van der Waals surface area contributed by atoms with Crippen LogP contribution in [0.2, 0.25) is 0 Å². The largest absolute Gasteiger partial charge is 0.374 e. The van der Waals surface area contributed by atoms with E-state index in [0.717, 1.165) is 6.42 Å². The lowest BCUT2D eigenvalue weighted by molar-refractivity contribution is -0.0208. The Morgan fingerprint density at radius 1 is 1.40 bits per heavy atom. The van der Waals surface area contributed by atoms with E-state index < -0.39 is 0 Å². The van der Waals surface area contributed by atoms with Crippen LogP contribution in [0, 0.1) is 0 Å². The Morgan fingerprint density at radius 3 is 3.00 bits per heavy atom. The average Bonchev–Trinajstić information content (AvgIpc) is 3.02. The Kier molecular flexibility index (Phi) is 3.78. The summed E-state index contributed by atoms with van der Waals surface area (Å²) in [5, 5.41) is 6.49. The number of benzene rings is 1. The molecule has 5 nitrogen and oxygen atoms in total. The smallest absolute Gasteiger partial charge is 0.257 e. The van der Waals surface area contributed by atoms with Crippen molar-refractivity contribution in [2.45, 2.75) is 12.5 Å². The highest BCUT2D eigenvalue weighted by molar-refractivity contribution is 5.93. The molecule has 2 aromatic rings. The fraction of sp³-hybridized carbons (Fsp3) is 0.333. The molecule has 1 saturated heterocycles. The van der Waals surface area contributed by atoms with Gasteiger partial charge in [-0.1, -0.05) is 30.3 Å². The summed E-state index contributed by atoms with van der Waals surface area (Å²) in [5.41, 5.74) is 1.83. The van der Waals surface area contributed by atoms with E-state index >= 15 is 0 Å². The molecule has 3 rings (SSSR count). The van der Waals surface area contributed by atoms with E-state index in [2.05, 4.69) is 22.3 Å². The Hall–Kier alpha value is -2.14. The van der Waals surface area contributed by atoms with Gasteiger partial charge in [-0.15, -0.1) is 0 Å². The molecule has 0 saturated carbocycles. The molecule has 1 fully saturated rings. The number of aromatic nitrogens is 2. The number of nitrogens with one attached hydrogen (secondary N) is 1. The second-order valence-corrected chi connectivity index (χ2v) is 4.92. The van der Waals surface area contributed by atoms with Gasteiger partial charge in [-0.3, -0.25) is 9.89 Å². The molecular formula is C15H17N3O2. The van der Waals surface area contributed by atoms with Gasteiger partial charge in [0, 0.05) is 25.7 Å².